The molecular formula is C14H21N3O3S. The molecule has 0 bridgehead atoms. The molecule has 0 unspecified atom stereocenters. The predicted octanol–water partition coefficient (Wildman–Crippen LogP) is 1.12. The first-order valence-electron chi connectivity index (χ1n) is 6.65. The number of nitriles is 1. The standard InChI is InChI=1S/C14H21N3O3S/c1-10-11(2)21-14(12(10)8-15)16-13(19)9-17(4-6-18)5-7-20-3/h18H,4-7,9H2,1-3H3,(H,16,19). The first-order valence-corrected chi connectivity index (χ1v) is 7.47. The van der Waals surface area contributed by atoms with Crippen LogP contribution in [0.25, 0.3) is 0 Å². The van der Waals surface area contributed by atoms with Gasteiger partial charge in [0.15, 0.2) is 0 Å². The lowest BCUT2D eigenvalue weighted by molar-refractivity contribution is -0.117. The van der Waals surface area contributed by atoms with Gasteiger partial charge in [-0.25, -0.2) is 0 Å². The van der Waals surface area contributed by atoms with Gasteiger partial charge in [-0.2, -0.15) is 5.26 Å². The Morgan fingerprint density at radius 1 is 1.48 bits per heavy atom. The van der Waals surface area contributed by atoms with Gasteiger partial charge in [-0.1, -0.05) is 0 Å². The number of nitrogens with zero attached hydrogens (tertiary/aromatic N) is 2. The monoisotopic (exact) mass is 311 g/mol. The minimum absolute atomic E-state index is 0.0162. The molecule has 1 amide bonds. The average Bonchev–Trinajstić information content (AvgIpc) is 2.70. The van der Waals surface area contributed by atoms with Crippen LogP contribution in [0.2, 0.25) is 0 Å². The quantitative estimate of drug-likeness (QED) is 0.751. The number of ether oxygens (including phenoxy) is 1. The van der Waals surface area contributed by atoms with Crippen LogP contribution in [0.15, 0.2) is 0 Å². The third-order valence-electron chi connectivity index (χ3n) is 3.15. The summed E-state index contributed by atoms with van der Waals surface area (Å²) in [7, 11) is 1.59. The molecule has 0 aromatic carbocycles. The van der Waals surface area contributed by atoms with Crippen molar-refractivity contribution >= 4 is 22.2 Å². The van der Waals surface area contributed by atoms with Gasteiger partial charge in [-0.15, -0.1) is 11.3 Å². The number of thiophene rings is 1. The van der Waals surface area contributed by atoms with E-state index in [-0.39, 0.29) is 19.1 Å². The van der Waals surface area contributed by atoms with Crippen LogP contribution in [-0.4, -0.2) is 55.9 Å². The maximum atomic E-state index is 12.1. The summed E-state index contributed by atoms with van der Waals surface area (Å²) in [6, 6.07) is 2.12. The number of carbonyl (C=O) groups excluding carboxylic acids is 1. The highest BCUT2D eigenvalue weighted by atomic mass is 32.1. The smallest absolute Gasteiger partial charge is 0.239 e. The first-order chi connectivity index (χ1) is 10.0. The maximum Gasteiger partial charge on any atom is 0.239 e. The van der Waals surface area contributed by atoms with Crippen molar-refractivity contribution in [1.29, 1.82) is 5.26 Å². The second-order valence-corrected chi connectivity index (χ2v) is 5.86. The Hall–Kier alpha value is -1.46. The van der Waals surface area contributed by atoms with Crippen LogP contribution in [0.1, 0.15) is 16.0 Å². The molecule has 0 aliphatic rings. The number of carbonyl (C=O) groups is 1. The molecule has 1 heterocycles. The minimum atomic E-state index is -0.197. The largest absolute Gasteiger partial charge is 0.395 e. The molecular weight excluding hydrogens is 290 g/mol. The van der Waals surface area contributed by atoms with Gasteiger partial charge >= 0.3 is 0 Å². The van der Waals surface area contributed by atoms with E-state index in [1.54, 1.807) is 12.0 Å². The summed E-state index contributed by atoms with van der Waals surface area (Å²) in [5.41, 5.74) is 1.43. The zero-order valence-corrected chi connectivity index (χ0v) is 13.4. The molecule has 0 aliphatic heterocycles. The van der Waals surface area contributed by atoms with Gasteiger partial charge < -0.3 is 15.2 Å². The molecule has 0 radical (unpaired) electrons. The van der Waals surface area contributed by atoms with E-state index in [2.05, 4.69) is 11.4 Å². The number of aliphatic hydroxyl groups excluding tert-OH is 1. The summed E-state index contributed by atoms with van der Waals surface area (Å²) in [6.07, 6.45) is 0. The zero-order valence-electron chi connectivity index (χ0n) is 12.6. The number of hydrogen-bond acceptors (Lipinski definition) is 6. The number of anilines is 1. The molecule has 0 spiro atoms. The Labute approximate surface area is 128 Å². The number of hydrogen-bond donors (Lipinski definition) is 2. The van der Waals surface area contributed by atoms with Crippen LogP contribution in [0.3, 0.4) is 0 Å². The van der Waals surface area contributed by atoms with Crippen LogP contribution >= 0.6 is 11.3 Å². The highest BCUT2D eigenvalue weighted by Crippen LogP contribution is 2.31. The van der Waals surface area contributed by atoms with Crippen molar-refractivity contribution in [2.24, 2.45) is 0 Å². The van der Waals surface area contributed by atoms with Gasteiger partial charge in [0.05, 0.1) is 25.3 Å². The lowest BCUT2D eigenvalue weighted by Gasteiger charge is -2.19. The Balaban J connectivity index is 2.68. The molecule has 0 saturated heterocycles. The summed E-state index contributed by atoms with van der Waals surface area (Å²) in [6.45, 7) is 5.41. The van der Waals surface area contributed by atoms with Crippen molar-refractivity contribution in [2.75, 3.05) is 45.3 Å². The molecule has 1 aromatic heterocycles. The van der Waals surface area contributed by atoms with Gasteiger partial charge in [-0.3, -0.25) is 9.69 Å². The molecule has 6 nitrogen and oxygen atoms in total. The van der Waals surface area contributed by atoms with Crippen LogP contribution in [0.5, 0.6) is 0 Å². The van der Waals surface area contributed by atoms with E-state index >= 15 is 0 Å². The van der Waals surface area contributed by atoms with Crippen LogP contribution < -0.4 is 5.32 Å². The van der Waals surface area contributed by atoms with Crippen LogP contribution in [0.4, 0.5) is 5.00 Å². The Bertz CT molecular complexity index is 522. The lowest BCUT2D eigenvalue weighted by atomic mass is 10.2. The Kier molecular flexibility index (Phi) is 7.32. The number of aryl methyl sites for hydroxylation is 1. The fraction of sp³-hybridized carbons (Fsp3) is 0.571. The van der Waals surface area contributed by atoms with E-state index in [0.717, 1.165) is 10.4 Å². The molecule has 116 valence electrons. The summed E-state index contributed by atoms with van der Waals surface area (Å²) >= 11 is 1.41. The first kappa shape index (κ1) is 17.6. The molecule has 21 heavy (non-hydrogen) atoms. The third kappa shape index (κ3) is 5.10. The van der Waals surface area contributed by atoms with Crippen molar-refractivity contribution in [3.63, 3.8) is 0 Å². The minimum Gasteiger partial charge on any atom is -0.395 e. The van der Waals surface area contributed by atoms with Crippen LogP contribution in [-0.2, 0) is 9.53 Å². The number of aliphatic hydroxyl groups is 1. The SMILES string of the molecule is COCCN(CCO)CC(=O)Nc1sc(C)c(C)c1C#N. The van der Waals surface area contributed by atoms with E-state index in [0.29, 0.717) is 30.3 Å². The molecule has 7 heteroatoms. The Morgan fingerprint density at radius 3 is 2.76 bits per heavy atom. The number of methoxy groups -OCH3 is 1. The lowest BCUT2D eigenvalue weighted by Crippen LogP contribution is -2.37. The predicted molar refractivity (Wildman–Crippen MR) is 82.5 cm³/mol. The fourth-order valence-corrected chi connectivity index (χ4v) is 2.88. The van der Waals surface area contributed by atoms with Gasteiger partial charge in [-0.05, 0) is 19.4 Å². The fourth-order valence-electron chi connectivity index (χ4n) is 1.85. The van der Waals surface area contributed by atoms with Crippen molar-refractivity contribution in [1.82, 2.24) is 4.90 Å². The number of rotatable bonds is 8. The van der Waals surface area contributed by atoms with E-state index in [1.807, 2.05) is 13.8 Å². The van der Waals surface area contributed by atoms with Crippen molar-refractivity contribution in [3.05, 3.63) is 16.0 Å². The van der Waals surface area contributed by atoms with Gasteiger partial charge in [0.2, 0.25) is 5.91 Å². The molecule has 1 rings (SSSR count). The van der Waals surface area contributed by atoms with E-state index in [9.17, 15) is 4.79 Å². The topological polar surface area (TPSA) is 85.6 Å². The van der Waals surface area contributed by atoms with E-state index in [4.69, 9.17) is 15.1 Å². The third-order valence-corrected chi connectivity index (χ3v) is 4.27. The molecule has 2 N–H and O–H groups in total. The molecule has 0 fully saturated rings. The summed E-state index contributed by atoms with van der Waals surface area (Å²) in [5.74, 6) is -0.197. The second-order valence-electron chi connectivity index (χ2n) is 4.64. The Morgan fingerprint density at radius 2 is 2.19 bits per heavy atom. The highest BCUT2D eigenvalue weighted by molar-refractivity contribution is 7.16. The van der Waals surface area contributed by atoms with E-state index in [1.165, 1.54) is 11.3 Å². The van der Waals surface area contributed by atoms with Gasteiger partial charge in [0, 0.05) is 25.1 Å². The maximum absolute atomic E-state index is 12.1. The summed E-state index contributed by atoms with van der Waals surface area (Å²) in [4.78, 5) is 14.9. The normalized spacial score (nSPS) is 10.7. The number of amides is 1. The van der Waals surface area contributed by atoms with Crippen molar-refractivity contribution < 1.29 is 14.6 Å². The molecule has 0 saturated carbocycles. The molecule has 0 atom stereocenters. The zero-order chi connectivity index (χ0) is 15.8. The van der Waals surface area contributed by atoms with Gasteiger partial charge in [0.25, 0.3) is 0 Å². The van der Waals surface area contributed by atoms with Crippen LogP contribution in [0, 0.1) is 25.2 Å². The second kappa shape index (κ2) is 8.74. The average molecular weight is 311 g/mol. The molecule has 0 aliphatic carbocycles. The van der Waals surface area contributed by atoms with Gasteiger partial charge in [0.1, 0.15) is 11.1 Å². The van der Waals surface area contributed by atoms with Crippen molar-refractivity contribution in [3.8, 4) is 6.07 Å². The summed E-state index contributed by atoms with van der Waals surface area (Å²) < 4.78 is 4.98. The number of nitrogens with one attached hydrogen (secondary N) is 1. The summed E-state index contributed by atoms with van der Waals surface area (Å²) in [5, 5.41) is 21.5. The van der Waals surface area contributed by atoms with Crippen molar-refractivity contribution in [2.45, 2.75) is 13.8 Å². The molecule has 1 aromatic rings. The highest BCUT2D eigenvalue weighted by Gasteiger charge is 2.16. The van der Waals surface area contributed by atoms with E-state index < -0.39 is 0 Å².